The van der Waals surface area contributed by atoms with Crippen LogP contribution in [0.2, 0.25) is 0 Å². The normalized spacial score (nSPS) is 15.4. The number of halogens is 1. The summed E-state index contributed by atoms with van der Waals surface area (Å²) in [6.45, 7) is 5.93. The fraction of sp³-hybridized carbons (Fsp3) is 0.312. The summed E-state index contributed by atoms with van der Waals surface area (Å²) in [6.07, 6.45) is 3.68. The summed E-state index contributed by atoms with van der Waals surface area (Å²) in [5.74, 6) is -0.210. The highest BCUT2D eigenvalue weighted by Crippen LogP contribution is 2.27. The molecule has 0 amide bonds. The van der Waals surface area contributed by atoms with Crippen LogP contribution in [0.4, 0.5) is 10.1 Å². The molecule has 0 saturated carbocycles. The van der Waals surface area contributed by atoms with Crippen molar-refractivity contribution in [1.82, 2.24) is 10.3 Å². The number of rotatable bonds is 2. The minimum atomic E-state index is -0.210. The van der Waals surface area contributed by atoms with E-state index >= 15 is 0 Å². The van der Waals surface area contributed by atoms with Crippen LogP contribution in [0.1, 0.15) is 5.56 Å². The summed E-state index contributed by atoms with van der Waals surface area (Å²) < 4.78 is 13.4. The van der Waals surface area contributed by atoms with E-state index in [1.54, 1.807) is 12.3 Å². The first-order valence-corrected chi connectivity index (χ1v) is 6.91. The molecule has 20 heavy (non-hydrogen) atoms. The standard InChI is InChI=1S/C16H18FN3/c1-12-2-3-14(17)9-16(12)13-8-15(11-19-10-13)20-6-4-18-5-7-20/h2-3,8-11,18H,4-7H2,1H3. The second kappa shape index (κ2) is 5.59. The molecule has 0 atom stereocenters. The van der Waals surface area contributed by atoms with Gasteiger partial charge < -0.3 is 10.2 Å². The number of aromatic nitrogens is 1. The van der Waals surface area contributed by atoms with Crippen molar-refractivity contribution in [3.8, 4) is 11.1 Å². The van der Waals surface area contributed by atoms with Gasteiger partial charge in [-0.15, -0.1) is 0 Å². The summed E-state index contributed by atoms with van der Waals surface area (Å²) in [7, 11) is 0. The van der Waals surface area contributed by atoms with Gasteiger partial charge in [0, 0.05) is 37.9 Å². The molecule has 3 rings (SSSR count). The van der Waals surface area contributed by atoms with Gasteiger partial charge in [-0.25, -0.2) is 4.39 Å². The second-order valence-electron chi connectivity index (χ2n) is 5.13. The van der Waals surface area contributed by atoms with Crippen molar-refractivity contribution in [3.05, 3.63) is 48.0 Å². The van der Waals surface area contributed by atoms with E-state index in [9.17, 15) is 4.39 Å². The Balaban J connectivity index is 1.96. The molecule has 0 unspecified atom stereocenters. The number of pyridine rings is 1. The van der Waals surface area contributed by atoms with Gasteiger partial charge in [-0.1, -0.05) is 6.07 Å². The van der Waals surface area contributed by atoms with Gasteiger partial charge in [-0.05, 0) is 36.2 Å². The Morgan fingerprint density at radius 2 is 1.95 bits per heavy atom. The Labute approximate surface area is 118 Å². The molecule has 2 heterocycles. The van der Waals surface area contributed by atoms with E-state index in [1.165, 1.54) is 6.07 Å². The number of nitrogens with zero attached hydrogens (tertiary/aromatic N) is 2. The van der Waals surface area contributed by atoms with Gasteiger partial charge in [-0.2, -0.15) is 0 Å². The Morgan fingerprint density at radius 3 is 2.75 bits per heavy atom. The Hall–Kier alpha value is -1.94. The molecule has 1 fully saturated rings. The molecule has 1 aromatic heterocycles. The van der Waals surface area contributed by atoms with Gasteiger partial charge in [0.25, 0.3) is 0 Å². The number of aryl methyl sites for hydroxylation is 1. The summed E-state index contributed by atoms with van der Waals surface area (Å²) in [5.41, 5.74) is 4.05. The largest absolute Gasteiger partial charge is 0.368 e. The molecular formula is C16H18FN3. The molecule has 0 aliphatic carbocycles. The van der Waals surface area contributed by atoms with Crippen LogP contribution < -0.4 is 10.2 Å². The maximum atomic E-state index is 13.4. The molecule has 0 radical (unpaired) electrons. The molecular weight excluding hydrogens is 253 g/mol. The molecule has 1 saturated heterocycles. The molecule has 1 aliphatic rings. The number of hydrogen-bond acceptors (Lipinski definition) is 3. The zero-order chi connectivity index (χ0) is 13.9. The lowest BCUT2D eigenvalue weighted by atomic mass is 10.0. The number of benzene rings is 1. The Morgan fingerprint density at radius 1 is 1.15 bits per heavy atom. The van der Waals surface area contributed by atoms with Crippen LogP contribution in [0.5, 0.6) is 0 Å². The van der Waals surface area contributed by atoms with Gasteiger partial charge in [0.1, 0.15) is 5.82 Å². The summed E-state index contributed by atoms with van der Waals surface area (Å²) in [5, 5.41) is 3.34. The number of anilines is 1. The molecule has 0 spiro atoms. The topological polar surface area (TPSA) is 28.2 Å². The van der Waals surface area contributed by atoms with Crippen molar-refractivity contribution in [2.75, 3.05) is 31.1 Å². The molecule has 1 aromatic carbocycles. The van der Waals surface area contributed by atoms with Crippen LogP contribution in [-0.4, -0.2) is 31.2 Å². The molecule has 104 valence electrons. The Kier molecular flexibility index (Phi) is 3.65. The van der Waals surface area contributed by atoms with Crippen molar-refractivity contribution in [1.29, 1.82) is 0 Å². The van der Waals surface area contributed by atoms with Gasteiger partial charge in [0.2, 0.25) is 0 Å². The lowest BCUT2D eigenvalue weighted by molar-refractivity contribution is 0.589. The molecule has 2 aromatic rings. The van der Waals surface area contributed by atoms with Crippen molar-refractivity contribution in [2.45, 2.75) is 6.92 Å². The predicted molar refractivity (Wildman–Crippen MR) is 79.5 cm³/mol. The maximum absolute atomic E-state index is 13.4. The van der Waals surface area contributed by atoms with Crippen LogP contribution in [0.25, 0.3) is 11.1 Å². The lowest BCUT2D eigenvalue weighted by Gasteiger charge is -2.29. The fourth-order valence-corrected chi connectivity index (χ4v) is 2.58. The number of hydrogen-bond donors (Lipinski definition) is 1. The SMILES string of the molecule is Cc1ccc(F)cc1-c1cncc(N2CCNCC2)c1. The van der Waals surface area contributed by atoms with Gasteiger partial charge in [-0.3, -0.25) is 4.98 Å². The van der Waals surface area contributed by atoms with Gasteiger partial charge in [0.05, 0.1) is 11.9 Å². The summed E-state index contributed by atoms with van der Waals surface area (Å²) in [4.78, 5) is 6.63. The third-order valence-electron chi connectivity index (χ3n) is 3.72. The van der Waals surface area contributed by atoms with Crippen LogP contribution >= 0.6 is 0 Å². The van der Waals surface area contributed by atoms with E-state index in [0.717, 1.165) is 48.6 Å². The van der Waals surface area contributed by atoms with E-state index in [1.807, 2.05) is 19.2 Å². The third-order valence-corrected chi connectivity index (χ3v) is 3.72. The van der Waals surface area contributed by atoms with Gasteiger partial charge in [0.15, 0.2) is 0 Å². The smallest absolute Gasteiger partial charge is 0.123 e. The van der Waals surface area contributed by atoms with Crippen molar-refractivity contribution in [2.24, 2.45) is 0 Å². The lowest BCUT2D eigenvalue weighted by Crippen LogP contribution is -2.43. The van der Waals surface area contributed by atoms with E-state index in [-0.39, 0.29) is 5.82 Å². The monoisotopic (exact) mass is 271 g/mol. The van der Waals surface area contributed by atoms with E-state index in [4.69, 9.17) is 0 Å². The fourth-order valence-electron chi connectivity index (χ4n) is 2.58. The predicted octanol–water partition coefficient (Wildman–Crippen LogP) is 2.61. The van der Waals surface area contributed by atoms with Crippen LogP contribution in [0.15, 0.2) is 36.7 Å². The van der Waals surface area contributed by atoms with E-state index in [2.05, 4.69) is 21.3 Å². The minimum absolute atomic E-state index is 0.210. The van der Waals surface area contributed by atoms with E-state index < -0.39 is 0 Å². The van der Waals surface area contributed by atoms with Crippen molar-refractivity contribution >= 4 is 5.69 Å². The quantitative estimate of drug-likeness (QED) is 0.910. The summed E-state index contributed by atoms with van der Waals surface area (Å²) >= 11 is 0. The van der Waals surface area contributed by atoms with Crippen LogP contribution in [-0.2, 0) is 0 Å². The molecule has 4 heteroatoms. The number of piperazine rings is 1. The molecule has 3 nitrogen and oxygen atoms in total. The van der Waals surface area contributed by atoms with Crippen LogP contribution in [0, 0.1) is 12.7 Å². The van der Waals surface area contributed by atoms with Gasteiger partial charge >= 0.3 is 0 Å². The molecule has 1 aliphatic heterocycles. The number of nitrogens with one attached hydrogen (secondary N) is 1. The zero-order valence-corrected chi connectivity index (χ0v) is 11.6. The third kappa shape index (κ3) is 2.65. The first-order chi connectivity index (χ1) is 9.74. The highest BCUT2D eigenvalue weighted by atomic mass is 19.1. The molecule has 0 bridgehead atoms. The summed E-state index contributed by atoms with van der Waals surface area (Å²) in [6, 6.07) is 6.97. The highest BCUT2D eigenvalue weighted by molar-refractivity contribution is 5.70. The highest BCUT2D eigenvalue weighted by Gasteiger charge is 2.12. The van der Waals surface area contributed by atoms with Crippen molar-refractivity contribution < 1.29 is 4.39 Å². The first-order valence-electron chi connectivity index (χ1n) is 6.91. The maximum Gasteiger partial charge on any atom is 0.123 e. The average Bonchev–Trinajstić information content (AvgIpc) is 2.51. The first kappa shape index (κ1) is 13.1. The molecule has 1 N–H and O–H groups in total. The zero-order valence-electron chi connectivity index (χ0n) is 11.6. The van der Waals surface area contributed by atoms with Crippen molar-refractivity contribution in [3.63, 3.8) is 0 Å². The second-order valence-corrected chi connectivity index (χ2v) is 5.13. The van der Waals surface area contributed by atoms with E-state index in [0.29, 0.717) is 0 Å². The minimum Gasteiger partial charge on any atom is -0.368 e. The van der Waals surface area contributed by atoms with Crippen LogP contribution in [0.3, 0.4) is 0 Å². The average molecular weight is 271 g/mol. The Bertz CT molecular complexity index is 606.